The maximum Gasteiger partial charge on any atom is 0.416 e. The summed E-state index contributed by atoms with van der Waals surface area (Å²) >= 11 is 7.53. The van der Waals surface area contributed by atoms with E-state index in [1.54, 1.807) is 34.5 Å². The highest BCUT2D eigenvalue weighted by molar-refractivity contribution is 7.10. The maximum atomic E-state index is 13.1. The third-order valence-corrected chi connectivity index (χ3v) is 5.62. The minimum absolute atomic E-state index is 0.140. The van der Waals surface area contributed by atoms with Gasteiger partial charge in [0.15, 0.2) is 0 Å². The second kappa shape index (κ2) is 7.02. The van der Waals surface area contributed by atoms with Crippen molar-refractivity contribution in [3.8, 4) is 0 Å². The van der Waals surface area contributed by atoms with Crippen molar-refractivity contribution in [1.29, 1.82) is 0 Å². The van der Waals surface area contributed by atoms with E-state index in [1.807, 2.05) is 29.6 Å². The third kappa shape index (κ3) is 3.73. The number of hydrogen-bond acceptors (Lipinski definition) is 3. The van der Waals surface area contributed by atoms with E-state index < -0.39 is 11.7 Å². The molecule has 3 aromatic rings. The van der Waals surface area contributed by atoms with E-state index in [-0.39, 0.29) is 6.04 Å². The lowest BCUT2D eigenvalue weighted by molar-refractivity contribution is -0.137. The molecule has 0 bridgehead atoms. The SMILES string of the molecule is FC(F)(F)c1cccc(N2N=C(c3ccc(Cl)cc3)CC2c2cccs2)c1. The topological polar surface area (TPSA) is 15.6 Å². The standard InChI is InChI=1S/C20H14ClF3N2S/c21-15-8-6-13(7-9-15)17-12-18(19-5-2-10-27-19)26(25-17)16-4-1-3-14(11-16)20(22,23)24/h1-11,18H,12H2. The summed E-state index contributed by atoms with van der Waals surface area (Å²) in [5.41, 5.74) is 1.48. The molecular formula is C20H14ClF3N2S. The monoisotopic (exact) mass is 406 g/mol. The van der Waals surface area contributed by atoms with Crippen molar-refractivity contribution in [3.63, 3.8) is 0 Å². The molecule has 0 saturated heterocycles. The summed E-state index contributed by atoms with van der Waals surface area (Å²) in [6.45, 7) is 0. The normalized spacial score (nSPS) is 17.3. The number of hydrazone groups is 1. The van der Waals surface area contributed by atoms with Gasteiger partial charge in [0.1, 0.15) is 0 Å². The fraction of sp³-hybridized carbons (Fsp3) is 0.150. The molecule has 27 heavy (non-hydrogen) atoms. The molecule has 2 nitrogen and oxygen atoms in total. The number of alkyl halides is 3. The number of benzene rings is 2. The quantitative estimate of drug-likeness (QED) is 0.468. The van der Waals surface area contributed by atoms with Gasteiger partial charge in [-0.3, -0.25) is 5.01 Å². The number of hydrogen-bond donors (Lipinski definition) is 0. The van der Waals surface area contributed by atoms with Crippen molar-refractivity contribution in [2.75, 3.05) is 5.01 Å². The van der Waals surface area contributed by atoms with Gasteiger partial charge in [-0.05, 0) is 47.3 Å². The summed E-state index contributed by atoms with van der Waals surface area (Å²) in [4.78, 5) is 1.06. The molecule has 0 saturated carbocycles. The molecule has 138 valence electrons. The average Bonchev–Trinajstić information content (AvgIpc) is 3.31. The summed E-state index contributed by atoms with van der Waals surface area (Å²) in [5.74, 6) is 0. The Morgan fingerprint density at radius 2 is 1.81 bits per heavy atom. The zero-order valence-corrected chi connectivity index (χ0v) is 15.5. The van der Waals surface area contributed by atoms with Gasteiger partial charge in [-0.2, -0.15) is 18.3 Å². The van der Waals surface area contributed by atoms with E-state index in [1.165, 1.54) is 6.07 Å². The molecule has 0 N–H and O–H groups in total. The van der Waals surface area contributed by atoms with Gasteiger partial charge in [0, 0.05) is 16.3 Å². The number of thiophene rings is 1. The van der Waals surface area contributed by atoms with Crippen LogP contribution in [0, 0.1) is 0 Å². The van der Waals surface area contributed by atoms with E-state index in [2.05, 4.69) is 5.10 Å². The van der Waals surface area contributed by atoms with Crippen LogP contribution in [0.5, 0.6) is 0 Å². The van der Waals surface area contributed by atoms with Crippen LogP contribution in [0.1, 0.15) is 28.5 Å². The zero-order valence-electron chi connectivity index (χ0n) is 13.9. The van der Waals surface area contributed by atoms with Gasteiger partial charge in [-0.25, -0.2) is 0 Å². The van der Waals surface area contributed by atoms with Crippen LogP contribution in [0.2, 0.25) is 5.02 Å². The molecule has 0 amide bonds. The van der Waals surface area contributed by atoms with Crippen LogP contribution in [-0.2, 0) is 6.18 Å². The van der Waals surface area contributed by atoms with Gasteiger partial charge in [-0.15, -0.1) is 11.3 Å². The van der Waals surface area contributed by atoms with E-state index in [0.29, 0.717) is 17.1 Å². The number of rotatable bonds is 3. The van der Waals surface area contributed by atoms with E-state index in [4.69, 9.17) is 11.6 Å². The van der Waals surface area contributed by atoms with Gasteiger partial charge >= 0.3 is 6.18 Å². The Bertz CT molecular complexity index is 966. The van der Waals surface area contributed by atoms with Crippen LogP contribution in [0.15, 0.2) is 71.1 Å². The van der Waals surface area contributed by atoms with Crippen LogP contribution < -0.4 is 5.01 Å². The fourth-order valence-electron chi connectivity index (χ4n) is 3.09. The molecule has 2 aromatic carbocycles. The van der Waals surface area contributed by atoms with Crippen molar-refractivity contribution >= 4 is 34.3 Å². The molecule has 0 fully saturated rings. The lowest BCUT2D eigenvalue weighted by Crippen LogP contribution is -2.18. The summed E-state index contributed by atoms with van der Waals surface area (Å²) in [5, 5.41) is 8.94. The van der Waals surface area contributed by atoms with Crippen molar-refractivity contribution in [3.05, 3.63) is 87.1 Å². The summed E-state index contributed by atoms with van der Waals surface area (Å²) in [6, 6.07) is 16.4. The minimum atomic E-state index is -4.39. The molecule has 1 aliphatic rings. The molecule has 7 heteroatoms. The first-order valence-electron chi connectivity index (χ1n) is 8.25. The van der Waals surface area contributed by atoms with Crippen LogP contribution in [0.3, 0.4) is 0 Å². The molecule has 0 aliphatic carbocycles. The highest BCUT2D eigenvalue weighted by Crippen LogP contribution is 2.40. The predicted molar refractivity (Wildman–Crippen MR) is 104 cm³/mol. The van der Waals surface area contributed by atoms with Crippen LogP contribution in [0.4, 0.5) is 18.9 Å². The van der Waals surface area contributed by atoms with Crippen molar-refractivity contribution < 1.29 is 13.2 Å². The largest absolute Gasteiger partial charge is 0.416 e. The summed E-state index contributed by atoms with van der Waals surface area (Å²) in [7, 11) is 0. The molecule has 1 unspecified atom stereocenters. The van der Waals surface area contributed by atoms with Crippen molar-refractivity contribution in [1.82, 2.24) is 0 Å². The Morgan fingerprint density at radius 1 is 1.04 bits per heavy atom. The summed E-state index contributed by atoms with van der Waals surface area (Å²) in [6.07, 6.45) is -3.78. The van der Waals surface area contributed by atoms with Crippen LogP contribution in [-0.4, -0.2) is 5.71 Å². The molecule has 0 radical (unpaired) electrons. The number of nitrogens with zero attached hydrogens (tertiary/aromatic N) is 2. The highest BCUT2D eigenvalue weighted by atomic mass is 35.5. The van der Waals surface area contributed by atoms with Crippen molar-refractivity contribution in [2.45, 2.75) is 18.6 Å². The second-order valence-electron chi connectivity index (χ2n) is 6.18. The minimum Gasteiger partial charge on any atom is -0.257 e. The van der Waals surface area contributed by atoms with Crippen molar-refractivity contribution in [2.24, 2.45) is 5.10 Å². The first-order valence-corrected chi connectivity index (χ1v) is 9.51. The Morgan fingerprint density at radius 3 is 2.48 bits per heavy atom. The molecule has 1 aliphatic heterocycles. The molecule has 2 heterocycles. The van der Waals surface area contributed by atoms with E-state index >= 15 is 0 Å². The smallest absolute Gasteiger partial charge is 0.257 e. The Hall–Kier alpha value is -2.31. The zero-order chi connectivity index (χ0) is 19.0. The Balaban J connectivity index is 1.76. The fourth-order valence-corrected chi connectivity index (χ4v) is 4.03. The first-order chi connectivity index (χ1) is 12.9. The first kappa shape index (κ1) is 18.1. The molecule has 0 spiro atoms. The van der Waals surface area contributed by atoms with Gasteiger partial charge in [0.25, 0.3) is 0 Å². The molecule has 1 atom stereocenters. The lowest BCUT2D eigenvalue weighted by Gasteiger charge is -2.23. The van der Waals surface area contributed by atoms with Crippen LogP contribution >= 0.6 is 22.9 Å². The molecule has 4 rings (SSSR count). The number of anilines is 1. The lowest BCUT2D eigenvalue weighted by atomic mass is 10.0. The van der Waals surface area contributed by atoms with E-state index in [0.717, 1.165) is 28.3 Å². The maximum absolute atomic E-state index is 13.1. The summed E-state index contributed by atoms with van der Waals surface area (Å²) < 4.78 is 39.4. The highest BCUT2D eigenvalue weighted by Gasteiger charge is 2.34. The average molecular weight is 407 g/mol. The third-order valence-electron chi connectivity index (χ3n) is 4.40. The van der Waals surface area contributed by atoms with E-state index in [9.17, 15) is 13.2 Å². The predicted octanol–water partition coefficient (Wildman–Crippen LogP) is 6.78. The molecular weight excluding hydrogens is 393 g/mol. The number of halogens is 4. The van der Waals surface area contributed by atoms with Gasteiger partial charge in [0.2, 0.25) is 0 Å². The van der Waals surface area contributed by atoms with Gasteiger partial charge in [0.05, 0.1) is 23.0 Å². The molecule has 1 aromatic heterocycles. The van der Waals surface area contributed by atoms with Gasteiger partial charge < -0.3 is 0 Å². The Kier molecular flexibility index (Phi) is 4.70. The second-order valence-corrected chi connectivity index (χ2v) is 7.60. The van der Waals surface area contributed by atoms with Gasteiger partial charge in [-0.1, -0.05) is 35.9 Å². The van der Waals surface area contributed by atoms with Crippen LogP contribution in [0.25, 0.3) is 0 Å². The Labute approximate surface area is 163 Å².